The molecule has 0 radical (unpaired) electrons. The molecule has 2 heterocycles. The Morgan fingerprint density at radius 2 is 2.11 bits per heavy atom. The number of nitrogens with zero attached hydrogens (tertiary/aromatic N) is 2. The van der Waals surface area contributed by atoms with Gasteiger partial charge in [-0.2, -0.15) is 5.10 Å². The van der Waals surface area contributed by atoms with Crippen LogP contribution in [0, 0.1) is 5.82 Å². The van der Waals surface area contributed by atoms with Crippen LogP contribution in [0.5, 0.6) is 5.75 Å². The average Bonchev–Trinajstić information content (AvgIpc) is 3.23. The first-order valence-electron chi connectivity index (χ1n) is 8.64. The number of aromatic nitrogens is 2. The SMILES string of the molecule is COc1cccc(-c2cnn3c2NC(=O)C3CC(=O)Nc2ccccc2F)c1. The minimum atomic E-state index is -0.805. The number of carbonyl (C=O) groups excluding carboxylic acids is 2. The molecule has 28 heavy (non-hydrogen) atoms. The van der Waals surface area contributed by atoms with Crippen molar-refractivity contribution in [1.29, 1.82) is 0 Å². The van der Waals surface area contributed by atoms with Crippen molar-refractivity contribution in [2.75, 3.05) is 17.7 Å². The fourth-order valence-electron chi connectivity index (χ4n) is 3.15. The molecule has 1 aliphatic rings. The van der Waals surface area contributed by atoms with E-state index in [1.54, 1.807) is 19.4 Å². The first-order valence-corrected chi connectivity index (χ1v) is 8.64. The van der Waals surface area contributed by atoms with E-state index in [2.05, 4.69) is 15.7 Å². The second-order valence-corrected chi connectivity index (χ2v) is 6.32. The van der Waals surface area contributed by atoms with Gasteiger partial charge < -0.3 is 15.4 Å². The molecule has 7 nitrogen and oxygen atoms in total. The molecule has 1 aromatic heterocycles. The molecule has 1 aliphatic heterocycles. The second kappa shape index (κ2) is 7.15. The number of para-hydroxylation sites is 1. The van der Waals surface area contributed by atoms with Crippen LogP contribution in [0.3, 0.4) is 0 Å². The lowest BCUT2D eigenvalue weighted by atomic mass is 10.1. The smallest absolute Gasteiger partial charge is 0.251 e. The summed E-state index contributed by atoms with van der Waals surface area (Å²) in [5.41, 5.74) is 1.63. The Balaban J connectivity index is 1.56. The largest absolute Gasteiger partial charge is 0.497 e. The van der Waals surface area contributed by atoms with Gasteiger partial charge in [0.05, 0.1) is 25.4 Å². The molecule has 1 unspecified atom stereocenters. The average molecular weight is 380 g/mol. The molecule has 0 saturated carbocycles. The Kier molecular flexibility index (Phi) is 4.52. The van der Waals surface area contributed by atoms with E-state index in [4.69, 9.17) is 4.74 Å². The van der Waals surface area contributed by atoms with Crippen molar-refractivity contribution in [3.8, 4) is 16.9 Å². The van der Waals surface area contributed by atoms with Gasteiger partial charge in [0.25, 0.3) is 5.91 Å². The zero-order chi connectivity index (χ0) is 19.7. The van der Waals surface area contributed by atoms with Crippen molar-refractivity contribution in [1.82, 2.24) is 9.78 Å². The number of hydrogen-bond donors (Lipinski definition) is 2. The standard InChI is InChI=1S/C20H17FN4O3/c1-28-13-6-4-5-12(9-13)14-11-22-25-17(20(27)24-19(14)25)10-18(26)23-16-8-3-2-7-15(16)21/h2-9,11,17H,10H2,1H3,(H,23,26)(H,24,27). The maximum atomic E-state index is 13.7. The molecule has 0 aliphatic carbocycles. The van der Waals surface area contributed by atoms with Crippen molar-refractivity contribution in [2.24, 2.45) is 0 Å². The van der Waals surface area contributed by atoms with Gasteiger partial charge in [0.2, 0.25) is 5.91 Å². The van der Waals surface area contributed by atoms with E-state index in [0.29, 0.717) is 11.6 Å². The van der Waals surface area contributed by atoms with E-state index in [1.165, 1.54) is 22.9 Å². The van der Waals surface area contributed by atoms with Crippen molar-refractivity contribution in [3.63, 3.8) is 0 Å². The minimum Gasteiger partial charge on any atom is -0.497 e. The summed E-state index contributed by atoms with van der Waals surface area (Å²) in [7, 11) is 1.58. The Morgan fingerprint density at radius 3 is 2.89 bits per heavy atom. The molecular formula is C20H17FN4O3. The molecule has 142 valence electrons. The highest BCUT2D eigenvalue weighted by Crippen LogP contribution is 2.36. The highest BCUT2D eigenvalue weighted by molar-refractivity contribution is 6.04. The van der Waals surface area contributed by atoms with Crippen molar-refractivity contribution in [3.05, 3.63) is 60.5 Å². The summed E-state index contributed by atoms with van der Waals surface area (Å²) in [6.07, 6.45) is 1.47. The Labute approximate surface area is 160 Å². The Hall–Kier alpha value is -3.68. The maximum Gasteiger partial charge on any atom is 0.251 e. The Bertz CT molecular complexity index is 1060. The van der Waals surface area contributed by atoms with Gasteiger partial charge in [-0.3, -0.25) is 9.59 Å². The molecule has 4 rings (SSSR count). The number of nitrogens with one attached hydrogen (secondary N) is 2. The number of hydrogen-bond acceptors (Lipinski definition) is 4. The van der Waals surface area contributed by atoms with Crippen molar-refractivity contribution >= 4 is 23.3 Å². The zero-order valence-electron chi connectivity index (χ0n) is 15.0. The molecule has 0 saturated heterocycles. The van der Waals surface area contributed by atoms with Crippen molar-refractivity contribution < 1.29 is 18.7 Å². The summed E-state index contributed by atoms with van der Waals surface area (Å²) in [4.78, 5) is 24.7. The minimum absolute atomic E-state index is 0.0728. The lowest BCUT2D eigenvalue weighted by molar-refractivity contribution is -0.123. The van der Waals surface area contributed by atoms with Crippen LogP contribution in [-0.4, -0.2) is 28.7 Å². The molecule has 0 fully saturated rings. The Morgan fingerprint density at radius 1 is 1.29 bits per heavy atom. The van der Waals surface area contributed by atoms with Gasteiger partial charge in [0.1, 0.15) is 23.4 Å². The first kappa shape index (κ1) is 17.7. The van der Waals surface area contributed by atoms with E-state index < -0.39 is 17.8 Å². The van der Waals surface area contributed by atoms with Crippen LogP contribution in [0.15, 0.2) is 54.7 Å². The first-order chi connectivity index (χ1) is 13.6. The number of rotatable bonds is 5. The molecule has 0 bridgehead atoms. The molecule has 8 heteroatoms. The lowest BCUT2D eigenvalue weighted by Gasteiger charge is -2.10. The fraction of sp³-hybridized carbons (Fsp3) is 0.150. The number of carbonyl (C=O) groups is 2. The van der Waals surface area contributed by atoms with Crippen LogP contribution < -0.4 is 15.4 Å². The summed E-state index contributed by atoms with van der Waals surface area (Å²) in [5, 5.41) is 9.55. The number of amides is 2. The topological polar surface area (TPSA) is 85.2 Å². The number of fused-ring (bicyclic) bond motifs is 1. The third-order valence-corrected chi connectivity index (χ3v) is 4.54. The number of benzene rings is 2. The fourth-order valence-corrected chi connectivity index (χ4v) is 3.15. The third-order valence-electron chi connectivity index (χ3n) is 4.54. The summed E-state index contributed by atoms with van der Waals surface area (Å²) in [6, 6.07) is 12.4. The number of anilines is 2. The van der Waals surface area contributed by atoms with Gasteiger partial charge in [-0.05, 0) is 29.8 Å². The predicted molar refractivity (Wildman–Crippen MR) is 102 cm³/mol. The van der Waals surface area contributed by atoms with E-state index in [9.17, 15) is 14.0 Å². The van der Waals surface area contributed by atoms with Crippen LogP contribution in [0.2, 0.25) is 0 Å². The van der Waals surface area contributed by atoms with Gasteiger partial charge in [-0.25, -0.2) is 9.07 Å². The van der Waals surface area contributed by atoms with Gasteiger partial charge in [0.15, 0.2) is 0 Å². The highest BCUT2D eigenvalue weighted by Gasteiger charge is 2.35. The van der Waals surface area contributed by atoms with Crippen LogP contribution >= 0.6 is 0 Å². The molecule has 3 aromatic rings. The van der Waals surface area contributed by atoms with E-state index >= 15 is 0 Å². The second-order valence-electron chi connectivity index (χ2n) is 6.32. The van der Waals surface area contributed by atoms with E-state index in [-0.39, 0.29) is 18.0 Å². The summed E-state index contributed by atoms with van der Waals surface area (Å²) in [6.45, 7) is 0. The predicted octanol–water partition coefficient (Wildman–Crippen LogP) is 3.22. The van der Waals surface area contributed by atoms with Crippen LogP contribution in [0.25, 0.3) is 11.1 Å². The molecular weight excluding hydrogens is 363 g/mol. The summed E-state index contributed by atoms with van der Waals surface area (Å²) in [5.74, 6) is -0.149. The van der Waals surface area contributed by atoms with Crippen molar-refractivity contribution in [2.45, 2.75) is 12.5 Å². The zero-order valence-corrected chi connectivity index (χ0v) is 15.0. The molecule has 0 spiro atoms. The monoisotopic (exact) mass is 380 g/mol. The summed E-state index contributed by atoms with van der Waals surface area (Å²) >= 11 is 0. The van der Waals surface area contributed by atoms with E-state index in [0.717, 1.165) is 11.1 Å². The summed E-state index contributed by atoms with van der Waals surface area (Å²) < 4.78 is 20.4. The molecule has 2 N–H and O–H groups in total. The number of ether oxygens (including phenoxy) is 1. The molecule has 2 aromatic carbocycles. The van der Waals surface area contributed by atoms with Crippen LogP contribution in [0.4, 0.5) is 15.9 Å². The lowest BCUT2D eigenvalue weighted by Crippen LogP contribution is -2.23. The molecule has 1 atom stereocenters. The van der Waals surface area contributed by atoms with Gasteiger partial charge in [-0.1, -0.05) is 24.3 Å². The van der Waals surface area contributed by atoms with Gasteiger partial charge in [0, 0.05) is 5.56 Å². The third kappa shape index (κ3) is 3.20. The van der Waals surface area contributed by atoms with E-state index in [1.807, 2.05) is 24.3 Å². The van der Waals surface area contributed by atoms with Gasteiger partial charge in [-0.15, -0.1) is 0 Å². The molecule has 2 amide bonds. The van der Waals surface area contributed by atoms with Gasteiger partial charge >= 0.3 is 0 Å². The van der Waals surface area contributed by atoms with Crippen LogP contribution in [-0.2, 0) is 9.59 Å². The highest BCUT2D eigenvalue weighted by atomic mass is 19.1. The quantitative estimate of drug-likeness (QED) is 0.712. The maximum absolute atomic E-state index is 13.7. The normalized spacial score (nSPS) is 15.1. The number of methoxy groups -OCH3 is 1. The van der Waals surface area contributed by atoms with Crippen LogP contribution in [0.1, 0.15) is 12.5 Å². The number of halogens is 1.